The van der Waals surface area contributed by atoms with Gasteiger partial charge in [0, 0.05) is 29.3 Å². The third-order valence-electron chi connectivity index (χ3n) is 3.82. The standard InChI is InChI=1S/C17H19BrN2O/c1-2-13-11-14(15-5-3-4-6-16(15)18)12-19-17(13)20-7-9-21-10-8-20/h3-6,11-12H,2,7-10H2,1H3. The minimum absolute atomic E-state index is 0.789. The fourth-order valence-electron chi connectivity index (χ4n) is 2.67. The van der Waals surface area contributed by atoms with E-state index in [9.17, 15) is 0 Å². The molecule has 2 heterocycles. The van der Waals surface area contributed by atoms with E-state index in [0.29, 0.717) is 0 Å². The molecule has 0 radical (unpaired) electrons. The third-order valence-corrected chi connectivity index (χ3v) is 4.51. The number of halogens is 1. The number of hydrogen-bond donors (Lipinski definition) is 0. The summed E-state index contributed by atoms with van der Waals surface area (Å²) in [4.78, 5) is 7.07. The summed E-state index contributed by atoms with van der Waals surface area (Å²) >= 11 is 3.62. The first-order chi connectivity index (χ1) is 10.3. The van der Waals surface area contributed by atoms with Crippen molar-refractivity contribution in [2.75, 3.05) is 31.2 Å². The van der Waals surface area contributed by atoms with Crippen LogP contribution >= 0.6 is 15.9 Å². The number of ether oxygens (including phenoxy) is 1. The van der Waals surface area contributed by atoms with Gasteiger partial charge in [0.15, 0.2) is 0 Å². The van der Waals surface area contributed by atoms with Crippen molar-refractivity contribution >= 4 is 21.7 Å². The van der Waals surface area contributed by atoms with Crippen molar-refractivity contribution in [3.63, 3.8) is 0 Å². The molecule has 0 bridgehead atoms. The second-order valence-electron chi connectivity index (χ2n) is 5.14. The molecule has 0 amide bonds. The minimum atomic E-state index is 0.789. The molecule has 3 rings (SSSR count). The molecule has 1 aromatic carbocycles. The number of aryl methyl sites for hydroxylation is 1. The van der Waals surface area contributed by atoms with E-state index in [1.807, 2.05) is 12.3 Å². The Hall–Kier alpha value is -1.39. The van der Waals surface area contributed by atoms with Crippen molar-refractivity contribution in [2.24, 2.45) is 0 Å². The number of morpholine rings is 1. The molecule has 0 atom stereocenters. The summed E-state index contributed by atoms with van der Waals surface area (Å²) < 4.78 is 6.53. The van der Waals surface area contributed by atoms with Crippen molar-refractivity contribution in [2.45, 2.75) is 13.3 Å². The topological polar surface area (TPSA) is 25.4 Å². The van der Waals surface area contributed by atoms with Crippen molar-refractivity contribution in [3.05, 3.63) is 46.6 Å². The zero-order valence-corrected chi connectivity index (χ0v) is 13.8. The molecule has 1 fully saturated rings. The van der Waals surface area contributed by atoms with Crippen LogP contribution in [0.2, 0.25) is 0 Å². The molecular weight excluding hydrogens is 328 g/mol. The molecule has 21 heavy (non-hydrogen) atoms. The summed E-state index contributed by atoms with van der Waals surface area (Å²) in [6.45, 7) is 5.61. The number of benzene rings is 1. The molecule has 3 nitrogen and oxygen atoms in total. The molecule has 4 heteroatoms. The number of pyridine rings is 1. The maximum absolute atomic E-state index is 5.43. The summed E-state index contributed by atoms with van der Waals surface area (Å²) in [5, 5.41) is 0. The lowest BCUT2D eigenvalue weighted by Crippen LogP contribution is -2.37. The zero-order chi connectivity index (χ0) is 14.7. The van der Waals surface area contributed by atoms with Gasteiger partial charge in [-0.1, -0.05) is 41.1 Å². The van der Waals surface area contributed by atoms with E-state index in [-0.39, 0.29) is 0 Å². The lowest BCUT2D eigenvalue weighted by molar-refractivity contribution is 0.122. The smallest absolute Gasteiger partial charge is 0.131 e. The average Bonchev–Trinajstić information content (AvgIpc) is 2.55. The Kier molecular flexibility index (Phi) is 4.56. The van der Waals surface area contributed by atoms with Gasteiger partial charge in [-0.2, -0.15) is 0 Å². The van der Waals surface area contributed by atoms with E-state index in [2.05, 4.69) is 52.0 Å². The van der Waals surface area contributed by atoms with E-state index in [4.69, 9.17) is 9.72 Å². The SMILES string of the molecule is CCc1cc(-c2ccccc2Br)cnc1N1CCOCC1. The number of anilines is 1. The first-order valence-corrected chi connectivity index (χ1v) is 8.15. The van der Waals surface area contributed by atoms with E-state index in [0.717, 1.165) is 48.6 Å². The molecule has 0 saturated carbocycles. The van der Waals surface area contributed by atoms with Crippen molar-refractivity contribution in [3.8, 4) is 11.1 Å². The van der Waals surface area contributed by atoms with Crippen LogP contribution in [0.3, 0.4) is 0 Å². The fraction of sp³-hybridized carbons (Fsp3) is 0.353. The Balaban J connectivity index is 1.97. The lowest BCUT2D eigenvalue weighted by atomic mass is 10.0. The molecule has 1 aromatic heterocycles. The van der Waals surface area contributed by atoms with Gasteiger partial charge in [-0.05, 0) is 29.7 Å². The number of aromatic nitrogens is 1. The van der Waals surface area contributed by atoms with Gasteiger partial charge in [0.2, 0.25) is 0 Å². The Morgan fingerprint density at radius 3 is 2.71 bits per heavy atom. The van der Waals surface area contributed by atoms with E-state index >= 15 is 0 Å². The van der Waals surface area contributed by atoms with Crippen LogP contribution in [0.1, 0.15) is 12.5 Å². The fourth-order valence-corrected chi connectivity index (χ4v) is 3.18. The summed E-state index contributed by atoms with van der Waals surface area (Å²) in [7, 11) is 0. The highest BCUT2D eigenvalue weighted by atomic mass is 79.9. The van der Waals surface area contributed by atoms with Gasteiger partial charge in [0.1, 0.15) is 5.82 Å². The highest BCUT2D eigenvalue weighted by molar-refractivity contribution is 9.10. The molecular formula is C17H19BrN2O. The largest absolute Gasteiger partial charge is 0.378 e. The van der Waals surface area contributed by atoms with Crippen LogP contribution in [0.15, 0.2) is 41.0 Å². The molecule has 110 valence electrons. The van der Waals surface area contributed by atoms with E-state index in [1.54, 1.807) is 0 Å². The van der Waals surface area contributed by atoms with Gasteiger partial charge in [-0.15, -0.1) is 0 Å². The first-order valence-electron chi connectivity index (χ1n) is 7.36. The van der Waals surface area contributed by atoms with E-state index in [1.165, 1.54) is 11.1 Å². The zero-order valence-electron chi connectivity index (χ0n) is 12.2. The first kappa shape index (κ1) is 14.5. The van der Waals surface area contributed by atoms with Crippen LogP contribution in [-0.4, -0.2) is 31.3 Å². The highest BCUT2D eigenvalue weighted by Gasteiger charge is 2.16. The van der Waals surface area contributed by atoms with Gasteiger partial charge in [0.05, 0.1) is 13.2 Å². The molecule has 0 N–H and O–H groups in total. The monoisotopic (exact) mass is 346 g/mol. The van der Waals surface area contributed by atoms with Gasteiger partial charge < -0.3 is 9.64 Å². The summed E-state index contributed by atoms with van der Waals surface area (Å²) in [5.41, 5.74) is 3.65. The normalized spacial score (nSPS) is 15.2. The maximum Gasteiger partial charge on any atom is 0.131 e. The van der Waals surface area contributed by atoms with Gasteiger partial charge in [-0.25, -0.2) is 4.98 Å². The Morgan fingerprint density at radius 2 is 2.00 bits per heavy atom. The van der Waals surface area contributed by atoms with Gasteiger partial charge >= 0.3 is 0 Å². The predicted octanol–water partition coefficient (Wildman–Crippen LogP) is 3.91. The average molecular weight is 347 g/mol. The third kappa shape index (κ3) is 3.11. The van der Waals surface area contributed by atoms with Crippen LogP contribution < -0.4 is 4.90 Å². The lowest BCUT2D eigenvalue weighted by Gasteiger charge is -2.29. The Bertz CT molecular complexity index is 624. The molecule has 1 aliphatic rings. The van der Waals surface area contributed by atoms with Crippen LogP contribution in [0.5, 0.6) is 0 Å². The summed E-state index contributed by atoms with van der Waals surface area (Å²) in [6.07, 6.45) is 2.96. The van der Waals surface area contributed by atoms with Gasteiger partial charge in [0.25, 0.3) is 0 Å². The summed E-state index contributed by atoms with van der Waals surface area (Å²) in [6, 6.07) is 10.5. The Labute approximate surface area is 134 Å². The molecule has 0 aliphatic carbocycles. The highest BCUT2D eigenvalue weighted by Crippen LogP contribution is 2.30. The van der Waals surface area contributed by atoms with Crippen molar-refractivity contribution < 1.29 is 4.74 Å². The van der Waals surface area contributed by atoms with E-state index < -0.39 is 0 Å². The molecule has 0 spiro atoms. The van der Waals surface area contributed by atoms with Crippen LogP contribution in [0, 0.1) is 0 Å². The van der Waals surface area contributed by atoms with Gasteiger partial charge in [-0.3, -0.25) is 0 Å². The molecule has 1 saturated heterocycles. The van der Waals surface area contributed by atoms with Crippen molar-refractivity contribution in [1.29, 1.82) is 0 Å². The molecule has 1 aliphatic heterocycles. The maximum atomic E-state index is 5.43. The van der Waals surface area contributed by atoms with Crippen molar-refractivity contribution in [1.82, 2.24) is 4.98 Å². The van der Waals surface area contributed by atoms with Crippen LogP contribution in [-0.2, 0) is 11.2 Å². The second-order valence-corrected chi connectivity index (χ2v) is 5.99. The minimum Gasteiger partial charge on any atom is -0.378 e. The quantitative estimate of drug-likeness (QED) is 0.842. The number of hydrogen-bond acceptors (Lipinski definition) is 3. The molecule has 2 aromatic rings. The van der Waals surface area contributed by atoms with Crippen LogP contribution in [0.25, 0.3) is 11.1 Å². The Morgan fingerprint density at radius 1 is 1.24 bits per heavy atom. The number of nitrogens with zero attached hydrogens (tertiary/aromatic N) is 2. The molecule has 0 unspecified atom stereocenters. The second kappa shape index (κ2) is 6.58. The predicted molar refractivity (Wildman–Crippen MR) is 89.8 cm³/mol. The van der Waals surface area contributed by atoms with Crippen LogP contribution in [0.4, 0.5) is 5.82 Å². The summed E-state index contributed by atoms with van der Waals surface area (Å²) in [5.74, 6) is 1.11. The number of rotatable bonds is 3.